The molecule has 2 aromatic heterocycles. The van der Waals surface area contributed by atoms with Crippen LogP contribution in [0.25, 0.3) is 0 Å². The molecule has 0 spiro atoms. The number of para-hydroxylation sites is 1. The van der Waals surface area contributed by atoms with Crippen LogP contribution < -0.4 is 15.4 Å². The molecule has 4 rings (SSSR count). The molecule has 31 heavy (non-hydrogen) atoms. The van der Waals surface area contributed by atoms with E-state index in [-0.39, 0.29) is 23.0 Å². The van der Waals surface area contributed by atoms with Gasteiger partial charge in [-0.3, -0.25) is 9.59 Å². The van der Waals surface area contributed by atoms with Gasteiger partial charge >= 0.3 is 0 Å². The summed E-state index contributed by atoms with van der Waals surface area (Å²) in [6.07, 6.45) is 5.75. The molecule has 2 N–H and O–H groups in total. The molecule has 1 aliphatic rings. The number of thiophene rings is 1. The van der Waals surface area contributed by atoms with Crippen LogP contribution in [0.1, 0.15) is 57.0 Å². The Labute approximate surface area is 185 Å². The van der Waals surface area contributed by atoms with E-state index in [1.165, 1.54) is 17.6 Å². The van der Waals surface area contributed by atoms with Crippen LogP contribution in [0.15, 0.2) is 53.1 Å². The summed E-state index contributed by atoms with van der Waals surface area (Å²) in [6, 6.07) is 13.2. The minimum Gasteiger partial charge on any atom is -0.496 e. The Morgan fingerprint density at radius 2 is 1.90 bits per heavy atom. The number of amides is 2. The van der Waals surface area contributed by atoms with Crippen LogP contribution in [-0.2, 0) is 5.41 Å². The van der Waals surface area contributed by atoms with E-state index in [1.807, 2.05) is 31.2 Å². The Balaban J connectivity index is 1.48. The van der Waals surface area contributed by atoms with E-state index in [0.717, 1.165) is 42.6 Å². The van der Waals surface area contributed by atoms with Crippen molar-refractivity contribution < 1.29 is 18.7 Å². The summed E-state index contributed by atoms with van der Waals surface area (Å²) in [5.74, 6) is 0.646. The van der Waals surface area contributed by atoms with Crippen LogP contribution in [0.2, 0.25) is 0 Å². The smallest absolute Gasteiger partial charge is 0.291 e. The van der Waals surface area contributed by atoms with Crippen LogP contribution in [0.3, 0.4) is 0 Å². The number of benzene rings is 1. The van der Waals surface area contributed by atoms with Crippen molar-refractivity contribution in [1.29, 1.82) is 0 Å². The van der Waals surface area contributed by atoms with E-state index in [2.05, 4.69) is 16.7 Å². The van der Waals surface area contributed by atoms with Gasteiger partial charge in [-0.2, -0.15) is 0 Å². The third kappa shape index (κ3) is 4.37. The summed E-state index contributed by atoms with van der Waals surface area (Å²) in [5, 5.41) is 6.56. The maximum atomic E-state index is 13.0. The van der Waals surface area contributed by atoms with Crippen LogP contribution in [0, 0.1) is 6.92 Å². The van der Waals surface area contributed by atoms with Gasteiger partial charge in [-0.05, 0) is 49.6 Å². The lowest BCUT2D eigenvalue weighted by molar-refractivity contribution is 0.0945. The average molecular weight is 439 g/mol. The van der Waals surface area contributed by atoms with Crippen molar-refractivity contribution in [3.8, 4) is 5.75 Å². The molecule has 7 heteroatoms. The number of anilines is 1. The van der Waals surface area contributed by atoms with Gasteiger partial charge in [0.25, 0.3) is 11.8 Å². The first-order chi connectivity index (χ1) is 15.0. The number of ether oxygens (including phenoxy) is 1. The van der Waals surface area contributed by atoms with E-state index in [1.54, 1.807) is 19.2 Å². The van der Waals surface area contributed by atoms with Gasteiger partial charge in [0.05, 0.1) is 23.3 Å². The first-order valence-electron chi connectivity index (χ1n) is 10.4. The van der Waals surface area contributed by atoms with Gasteiger partial charge in [0.1, 0.15) is 5.75 Å². The second-order valence-corrected chi connectivity index (χ2v) is 8.98. The van der Waals surface area contributed by atoms with Crippen LogP contribution in [0.4, 0.5) is 5.00 Å². The zero-order valence-corrected chi connectivity index (χ0v) is 18.5. The molecule has 1 aliphatic carbocycles. The third-order valence-corrected chi connectivity index (χ3v) is 7.08. The lowest BCUT2D eigenvalue weighted by Crippen LogP contribution is -2.39. The Bertz CT molecular complexity index is 1070. The van der Waals surface area contributed by atoms with Gasteiger partial charge in [0, 0.05) is 17.5 Å². The Morgan fingerprint density at radius 1 is 1.13 bits per heavy atom. The number of methoxy groups -OCH3 is 1. The summed E-state index contributed by atoms with van der Waals surface area (Å²) >= 11 is 1.27. The van der Waals surface area contributed by atoms with Crippen molar-refractivity contribution in [3.05, 3.63) is 70.5 Å². The van der Waals surface area contributed by atoms with E-state index < -0.39 is 0 Å². The maximum absolute atomic E-state index is 13.0. The zero-order chi connectivity index (χ0) is 21.8. The van der Waals surface area contributed by atoms with Crippen molar-refractivity contribution >= 4 is 28.2 Å². The summed E-state index contributed by atoms with van der Waals surface area (Å²) in [6.45, 7) is 2.43. The van der Waals surface area contributed by atoms with Crippen molar-refractivity contribution in [2.45, 2.75) is 38.0 Å². The average Bonchev–Trinajstić information content (AvgIpc) is 3.54. The first-order valence-corrected chi connectivity index (χ1v) is 11.2. The second kappa shape index (κ2) is 8.98. The number of carbonyl (C=O) groups excluding carboxylic acids is 2. The fourth-order valence-corrected chi connectivity index (χ4v) is 5.34. The van der Waals surface area contributed by atoms with Gasteiger partial charge in [-0.1, -0.05) is 31.0 Å². The van der Waals surface area contributed by atoms with Gasteiger partial charge in [0.15, 0.2) is 5.76 Å². The van der Waals surface area contributed by atoms with E-state index in [4.69, 9.17) is 9.15 Å². The highest BCUT2D eigenvalue weighted by atomic mass is 32.1. The second-order valence-electron chi connectivity index (χ2n) is 7.92. The Hall–Kier alpha value is -3.06. The van der Waals surface area contributed by atoms with Crippen molar-refractivity contribution in [2.75, 3.05) is 19.0 Å². The first kappa shape index (κ1) is 21.2. The fourth-order valence-electron chi connectivity index (χ4n) is 4.36. The largest absolute Gasteiger partial charge is 0.496 e. The molecule has 1 fully saturated rings. The van der Waals surface area contributed by atoms with Crippen molar-refractivity contribution in [2.24, 2.45) is 0 Å². The van der Waals surface area contributed by atoms with Gasteiger partial charge < -0.3 is 19.8 Å². The van der Waals surface area contributed by atoms with E-state index >= 15 is 0 Å². The molecule has 6 nitrogen and oxygen atoms in total. The molecule has 0 radical (unpaired) electrons. The molecule has 162 valence electrons. The Kier molecular flexibility index (Phi) is 6.13. The minimum atomic E-state index is -0.334. The van der Waals surface area contributed by atoms with E-state index in [0.29, 0.717) is 16.4 Å². The highest BCUT2D eigenvalue weighted by Gasteiger charge is 2.38. The SMILES string of the molecule is COc1ccccc1C1(CNC(=O)c2sc(NC(=O)c3ccco3)cc2C)CCCC1. The normalized spacial score (nSPS) is 14.9. The predicted octanol–water partition coefficient (Wildman–Crippen LogP) is 5.15. The lowest BCUT2D eigenvalue weighted by atomic mass is 9.78. The number of rotatable bonds is 7. The highest BCUT2D eigenvalue weighted by molar-refractivity contribution is 7.18. The molecule has 3 aromatic rings. The molecular weight excluding hydrogens is 412 g/mol. The lowest BCUT2D eigenvalue weighted by Gasteiger charge is -2.31. The van der Waals surface area contributed by atoms with Crippen molar-refractivity contribution in [3.63, 3.8) is 0 Å². The summed E-state index contributed by atoms with van der Waals surface area (Å²) in [4.78, 5) is 25.8. The van der Waals surface area contributed by atoms with Crippen LogP contribution in [0.5, 0.6) is 5.75 Å². The fraction of sp³-hybridized carbons (Fsp3) is 0.333. The molecular formula is C24H26N2O4S. The summed E-state index contributed by atoms with van der Waals surface area (Å²) in [5.41, 5.74) is 1.86. The van der Waals surface area contributed by atoms with Crippen molar-refractivity contribution in [1.82, 2.24) is 5.32 Å². The molecule has 1 aromatic carbocycles. The predicted molar refractivity (Wildman–Crippen MR) is 121 cm³/mol. The van der Waals surface area contributed by atoms with E-state index in [9.17, 15) is 9.59 Å². The number of nitrogens with one attached hydrogen (secondary N) is 2. The summed E-state index contributed by atoms with van der Waals surface area (Å²) in [7, 11) is 1.69. The molecule has 1 saturated carbocycles. The van der Waals surface area contributed by atoms with Gasteiger partial charge in [-0.15, -0.1) is 11.3 Å². The number of aryl methyl sites for hydroxylation is 1. The Morgan fingerprint density at radius 3 is 2.61 bits per heavy atom. The molecule has 0 saturated heterocycles. The van der Waals surface area contributed by atoms with Crippen LogP contribution >= 0.6 is 11.3 Å². The standard InChI is InChI=1S/C24H26N2O4S/c1-16-14-20(26-22(27)19-10-7-13-30-19)31-21(16)23(28)25-15-24(11-5-6-12-24)17-8-3-4-9-18(17)29-2/h3-4,7-10,13-14H,5-6,11-12,15H2,1-2H3,(H,25,28)(H,26,27). The monoisotopic (exact) mass is 438 g/mol. The summed E-state index contributed by atoms with van der Waals surface area (Å²) < 4.78 is 10.7. The number of carbonyl (C=O) groups is 2. The van der Waals surface area contributed by atoms with Gasteiger partial charge in [-0.25, -0.2) is 0 Å². The minimum absolute atomic E-state index is 0.121. The quantitative estimate of drug-likeness (QED) is 0.534. The molecule has 0 atom stereocenters. The number of furan rings is 1. The number of hydrogen-bond acceptors (Lipinski definition) is 5. The molecule has 2 heterocycles. The zero-order valence-electron chi connectivity index (χ0n) is 17.7. The molecule has 0 unspecified atom stereocenters. The third-order valence-electron chi connectivity index (χ3n) is 5.93. The maximum Gasteiger partial charge on any atom is 0.291 e. The number of hydrogen-bond donors (Lipinski definition) is 2. The molecule has 2 amide bonds. The van der Waals surface area contributed by atoms with Crippen LogP contribution in [-0.4, -0.2) is 25.5 Å². The highest BCUT2D eigenvalue weighted by Crippen LogP contribution is 2.44. The van der Waals surface area contributed by atoms with Gasteiger partial charge in [0.2, 0.25) is 0 Å². The topological polar surface area (TPSA) is 80.6 Å². The molecule has 0 bridgehead atoms. The molecule has 0 aliphatic heterocycles.